The van der Waals surface area contributed by atoms with E-state index in [9.17, 15) is 20.1 Å². The molecule has 1 amide bonds. The van der Waals surface area contributed by atoms with Gasteiger partial charge < -0.3 is 36.4 Å². The van der Waals surface area contributed by atoms with Crippen LogP contribution in [0.15, 0.2) is 0 Å². The Bertz CT molecular complexity index is 463. The van der Waals surface area contributed by atoms with Crippen molar-refractivity contribution in [1.82, 2.24) is 10.6 Å². The molecule has 0 radical (unpaired) electrons. The number of aliphatic hydroxyl groups is 3. The number of hydrogen-bond acceptors (Lipinski definition) is 6. The van der Waals surface area contributed by atoms with E-state index < -0.39 is 30.5 Å². The Hall–Kier alpha value is -1.42. The van der Waals surface area contributed by atoms with Gasteiger partial charge in [0.05, 0.1) is 18.8 Å². The number of amides is 1. The van der Waals surface area contributed by atoms with Crippen molar-refractivity contribution in [2.75, 3.05) is 13.2 Å². The van der Waals surface area contributed by atoms with Gasteiger partial charge in [0.15, 0.2) is 5.96 Å². The van der Waals surface area contributed by atoms with Crippen molar-refractivity contribution in [2.45, 2.75) is 82.8 Å². The fourth-order valence-corrected chi connectivity index (χ4v) is 3.31. The lowest BCUT2D eigenvalue weighted by Gasteiger charge is -2.44. The monoisotopic (exact) mass is 388 g/mol. The van der Waals surface area contributed by atoms with Gasteiger partial charge in [-0.25, -0.2) is 0 Å². The zero-order valence-corrected chi connectivity index (χ0v) is 16.4. The molecule has 5 atom stereocenters. The molecule has 27 heavy (non-hydrogen) atoms. The van der Waals surface area contributed by atoms with Crippen molar-refractivity contribution in [2.24, 2.45) is 11.7 Å². The number of aliphatic hydroxyl groups excluding tert-OH is 3. The maximum atomic E-state index is 12.2. The van der Waals surface area contributed by atoms with Gasteiger partial charge in [0.1, 0.15) is 18.3 Å². The predicted octanol–water partition coefficient (Wildman–Crippen LogP) is -0.568. The molecule has 1 rings (SSSR count). The van der Waals surface area contributed by atoms with Gasteiger partial charge >= 0.3 is 0 Å². The average Bonchev–Trinajstić information content (AvgIpc) is 2.61. The molecule has 9 heteroatoms. The zero-order chi connectivity index (χ0) is 20.4. The fraction of sp³-hybridized carbons (Fsp3) is 0.889. The van der Waals surface area contributed by atoms with Crippen LogP contribution < -0.4 is 16.4 Å². The minimum Gasteiger partial charge on any atom is -0.394 e. The second-order valence-corrected chi connectivity index (χ2v) is 7.50. The summed E-state index contributed by atoms with van der Waals surface area (Å²) in [6, 6.07) is -0.701. The number of carbonyl (C=O) groups excluding carboxylic acids is 1. The smallest absolute Gasteiger partial charge is 0.220 e. The molecule has 8 N–H and O–H groups in total. The number of ether oxygens (including phenoxy) is 1. The number of rotatable bonds is 11. The van der Waals surface area contributed by atoms with Gasteiger partial charge in [0.25, 0.3) is 0 Å². The van der Waals surface area contributed by atoms with Gasteiger partial charge in [0, 0.05) is 13.0 Å². The third kappa shape index (κ3) is 8.00. The molecule has 0 saturated carbocycles. The minimum atomic E-state index is -1.24. The molecule has 0 aromatic carbocycles. The van der Waals surface area contributed by atoms with Crippen LogP contribution in [0, 0.1) is 11.3 Å². The van der Waals surface area contributed by atoms with Crippen LogP contribution in [0.3, 0.4) is 0 Å². The molecule has 0 aromatic heterocycles. The van der Waals surface area contributed by atoms with Crippen molar-refractivity contribution in [3.8, 4) is 0 Å². The number of guanidine groups is 1. The Morgan fingerprint density at radius 1 is 1.15 bits per heavy atom. The summed E-state index contributed by atoms with van der Waals surface area (Å²) in [5.74, 6) is -0.188. The molecule has 1 heterocycles. The van der Waals surface area contributed by atoms with E-state index in [0.29, 0.717) is 13.0 Å². The van der Waals surface area contributed by atoms with Crippen LogP contribution in [0.2, 0.25) is 0 Å². The van der Waals surface area contributed by atoms with Gasteiger partial charge in [-0.05, 0) is 18.8 Å². The molecule has 1 fully saturated rings. The normalized spacial score (nSPS) is 28.1. The Balaban J connectivity index is 2.33. The molecule has 0 aromatic rings. The summed E-state index contributed by atoms with van der Waals surface area (Å²) in [6.45, 7) is 4.11. The van der Waals surface area contributed by atoms with Crippen LogP contribution in [-0.4, -0.2) is 70.8 Å². The first kappa shape index (κ1) is 23.6. The second-order valence-electron chi connectivity index (χ2n) is 7.50. The van der Waals surface area contributed by atoms with Gasteiger partial charge in [0.2, 0.25) is 5.91 Å². The molecular weight excluding hydrogens is 352 g/mol. The van der Waals surface area contributed by atoms with Crippen molar-refractivity contribution in [3.63, 3.8) is 0 Å². The standard InChI is InChI=1S/C18H36N4O5/c1-11(2)17-14(16(26)15(25)12(10-23)27-17)22-13(24)8-6-4-3-5-7-9-21-18(19)20/h11-12,14-17,23,25-26H,3-10H2,1-2H3,(H,22,24)(H4,19,20,21)/t12?,14?,15-,16?,17+/m1/s1. The summed E-state index contributed by atoms with van der Waals surface area (Å²) in [4.78, 5) is 12.2. The van der Waals surface area contributed by atoms with E-state index in [4.69, 9.17) is 15.9 Å². The van der Waals surface area contributed by atoms with Gasteiger partial charge in [-0.1, -0.05) is 33.1 Å². The van der Waals surface area contributed by atoms with E-state index in [1.165, 1.54) is 0 Å². The highest BCUT2D eigenvalue weighted by Crippen LogP contribution is 2.26. The summed E-state index contributed by atoms with van der Waals surface area (Å²) in [7, 11) is 0. The lowest BCUT2D eigenvalue weighted by atomic mass is 9.87. The van der Waals surface area contributed by atoms with E-state index in [0.717, 1.165) is 32.1 Å². The Labute approximate surface area is 161 Å². The quantitative estimate of drug-likeness (QED) is 0.142. The first-order valence-electron chi connectivity index (χ1n) is 9.77. The largest absolute Gasteiger partial charge is 0.394 e. The van der Waals surface area contributed by atoms with Crippen molar-refractivity contribution < 1.29 is 24.9 Å². The molecule has 1 saturated heterocycles. The first-order chi connectivity index (χ1) is 12.8. The number of nitrogens with two attached hydrogens (primary N) is 1. The van der Waals surface area contributed by atoms with E-state index in [2.05, 4.69) is 10.6 Å². The zero-order valence-electron chi connectivity index (χ0n) is 16.4. The summed E-state index contributed by atoms with van der Waals surface area (Å²) in [5, 5.41) is 42.3. The highest BCUT2D eigenvalue weighted by Gasteiger charge is 2.45. The topological polar surface area (TPSA) is 161 Å². The summed E-state index contributed by atoms with van der Waals surface area (Å²) < 4.78 is 5.69. The third-order valence-corrected chi connectivity index (χ3v) is 4.85. The molecular formula is C18H36N4O5. The number of hydrogen-bond donors (Lipinski definition) is 7. The van der Waals surface area contributed by atoms with Crippen LogP contribution in [0.25, 0.3) is 0 Å². The summed E-state index contributed by atoms with van der Waals surface area (Å²) in [5.41, 5.74) is 5.20. The third-order valence-electron chi connectivity index (χ3n) is 4.85. The van der Waals surface area contributed by atoms with Gasteiger partial charge in [-0.2, -0.15) is 0 Å². The molecule has 0 spiro atoms. The number of carbonyl (C=O) groups is 1. The first-order valence-corrected chi connectivity index (χ1v) is 9.77. The highest BCUT2D eigenvalue weighted by molar-refractivity contribution is 5.76. The Morgan fingerprint density at radius 2 is 1.78 bits per heavy atom. The lowest BCUT2D eigenvalue weighted by molar-refractivity contribution is -0.204. The second kappa shape index (κ2) is 12.1. The Kier molecular flexibility index (Phi) is 10.6. The molecule has 0 aliphatic carbocycles. The predicted molar refractivity (Wildman–Crippen MR) is 102 cm³/mol. The molecule has 158 valence electrons. The van der Waals surface area contributed by atoms with Gasteiger partial charge in [-0.15, -0.1) is 0 Å². The average molecular weight is 389 g/mol. The maximum Gasteiger partial charge on any atom is 0.220 e. The minimum absolute atomic E-state index is 0.00936. The van der Waals surface area contributed by atoms with Crippen LogP contribution in [0.5, 0.6) is 0 Å². The van der Waals surface area contributed by atoms with Crippen molar-refractivity contribution in [1.29, 1.82) is 5.41 Å². The SMILES string of the molecule is CC(C)[C@@H]1OC(CO)[C@@H](O)C(O)C1NC(=O)CCCCCCCNC(=N)N. The lowest BCUT2D eigenvalue weighted by Crippen LogP contribution is -2.65. The van der Waals surface area contributed by atoms with E-state index in [-0.39, 0.29) is 24.4 Å². The van der Waals surface area contributed by atoms with Gasteiger partial charge in [-0.3, -0.25) is 10.2 Å². The van der Waals surface area contributed by atoms with Crippen LogP contribution >= 0.6 is 0 Å². The van der Waals surface area contributed by atoms with Crippen LogP contribution in [0.1, 0.15) is 52.4 Å². The van der Waals surface area contributed by atoms with Crippen LogP contribution in [0.4, 0.5) is 0 Å². The van der Waals surface area contributed by atoms with Crippen molar-refractivity contribution in [3.05, 3.63) is 0 Å². The molecule has 0 bridgehead atoms. The highest BCUT2D eigenvalue weighted by atomic mass is 16.5. The summed E-state index contributed by atoms with van der Waals surface area (Å²) >= 11 is 0. The van der Waals surface area contributed by atoms with Crippen molar-refractivity contribution >= 4 is 11.9 Å². The van der Waals surface area contributed by atoms with E-state index in [1.54, 1.807) is 0 Å². The number of nitrogens with one attached hydrogen (secondary N) is 3. The summed E-state index contributed by atoms with van der Waals surface area (Å²) in [6.07, 6.45) is 1.19. The van der Waals surface area contributed by atoms with E-state index >= 15 is 0 Å². The molecule has 9 nitrogen and oxygen atoms in total. The molecule has 1 aliphatic rings. The fourth-order valence-electron chi connectivity index (χ4n) is 3.31. The maximum absolute atomic E-state index is 12.2. The molecule has 1 aliphatic heterocycles. The Morgan fingerprint density at radius 3 is 2.37 bits per heavy atom. The van der Waals surface area contributed by atoms with E-state index in [1.807, 2.05) is 13.8 Å². The number of unbranched alkanes of at least 4 members (excludes halogenated alkanes) is 4. The molecule has 3 unspecified atom stereocenters. The van der Waals surface area contributed by atoms with Crippen LogP contribution in [-0.2, 0) is 9.53 Å².